The molecule has 0 N–H and O–H groups in total. The molecular weight excluding hydrogens is 329 g/mol. The van der Waals surface area contributed by atoms with E-state index in [4.69, 9.17) is 0 Å². The molecule has 0 radical (unpaired) electrons. The quantitative estimate of drug-likeness (QED) is 0.589. The highest BCUT2D eigenvalue weighted by Crippen LogP contribution is 2.43. The van der Waals surface area contributed by atoms with Gasteiger partial charge in [0.05, 0.1) is 5.56 Å². The van der Waals surface area contributed by atoms with Crippen molar-refractivity contribution in [2.24, 2.45) is 5.41 Å². The number of rotatable bonds is 3. The van der Waals surface area contributed by atoms with Crippen LogP contribution >= 0.6 is 15.9 Å². The minimum Gasteiger partial charge on any atom is -0.166 e. The molecule has 112 valence electrons. The molecule has 0 saturated heterocycles. The first-order chi connectivity index (χ1) is 9.31. The van der Waals surface area contributed by atoms with Gasteiger partial charge in [-0.15, -0.1) is 0 Å². The van der Waals surface area contributed by atoms with Gasteiger partial charge in [-0.05, 0) is 42.4 Å². The number of benzene rings is 1. The van der Waals surface area contributed by atoms with E-state index in [-0.39, 0.29) is 5.41 Å². The molecule has 1 atom stereocenters. The highest BCUT2D eigenvalue weighted by atomic mass is 79.9. The Kier molecular flexibility index (Phi) is 4.83. The Morgan fingerprint density at radius 2 is 1.65 bits per heavy atom. The second kappa shape index (κ2) is 6.08. The predicted molar refractivity (Wildman–Crippen MR) is 79.1 cm³/mol. The molecule has 0 amide bonds. The lowest BCUT2D eigenvalue weighted by Crippen LogP contribution is -2.31. The van der Waals surface area contributed by atoms with Crippen LogP contribution in [0.5, 0.6) is 0 Å². The molecule has 0 aliphatic heterocycles. The van der Waals surface area contributed by atoms with E-state index < -0.39 is 11.7 Å². The largest absolute Gasteiger partial charge is 0.416 e. The van der Waals surface area contributed by atoms with Crippen molar-refractivity contribution in [2.45, 2.75) is 56.5 Å². The van der Waals surface area contributed by atoms with Crippen LogP contribution in [-0.4, -0.2) is 4.83 Å². The van der Waals surface area contributed by atoms with Gasteiger partial charge in [0.15, 0.2) is 0 Å². The van der Waals surface area contributed by atoms with E-state index in [1.807, 2.05) is 0 Å². The van der Waals surface area contributed by atoms with Gasteiger partial charge in [0.1, 0.15) is 0 Å². The molecule has 1 aromatic carbocycles. The van der Waals surface area contributed by atoms with E-state index in [1.165, 1.54) is 44.2 Å². The van der Waals surface area contributed by atoms with Gasteiger partial charge in [0.25, 0.3) is 0 Å². The summed E-state index contributed by atoms with van der Waals surface area (Å²) in [5.41, 5.74) is 0.656. The van der Waals surface area contributed by atoms with Crippen molar-refractivity contribution in [3.63, 3.8) is 0 Å². The Balaban J connectivity index is 2.02. The summed E-state index contributed by atoms with van der Waals surface area (Å²) >= 11 is 3.77. The molecule has 20 heavy (non-hydrogen) atoms. The van der Waals surface area contributed by atoms with Gasteiger partial charge in [0, 0.05) is 4.83 Å². The van der Waals surface area contributed by atoms with Crippen LogP contribution in [0, 0.1) is 5.41 Å². The molecular formula is C16H20BrF3. The Labute approximate surface area is 126 Å². The summed E-state index contributed by atoms with van der Waals surface area (Å²) in [5, 5.41) is 0. The van der Waals surface area contributed by atoms with E-state index in [0.717, 1.165) is 12.0 Å². The maximum absolute atomic E-state index is 12.5. The topological polar surface area (TPSA) is 0 Å². The van der Waals surface area contributed by atoms with Gasteiger partial charge in [-0.25, -0.2) is 0 Å². The van der Waals surface area contributed by atoms with Crippen LogP contribution in [0.4, 0.5) is 13.2 Å². The van der Waals surface area contributed by atoms with Crippen LogP contribution < -0.4 is 0 Å². The highest BCUT2D eigenvalue weighted by molar-refractivity contribution is 9.09. The van der Waals surface area contributed by atoms with E-state index in [1.54, 1.807) is 12.1 Å². The van der Waals surface area contributed by atoms with E-state index >= 15 is 0 Å². The summed E-state index contributed by atoms with van der Waals surface area (Å²) < 4.78 is 37.6. The first-order valence-electron chi connectivity index (χ1n) is 7.11. The molecule has 1 saturated carbocycles. The van der Waals surface area contributed by atoms with Crippen molar-refractivity contribution in [3.8, 4) is 0 Å². The lowest BCUT2D eigenvalue weighted by molar-refractivity contribution is -0.137. The van der Waals surface area contributed by atoms with Gasteiger partial charge in [-0.2, -0.15) is 13.2 Å². The lowest BCUT2D eigenvalue weighted by atomic mass is 9.72. The van der Waals surface area contributed by atoms with E-state index in [9.17, 15) is 13.2 Å². The molecule has 0 bridgehead atoms. The SMILES string of the molecule is CC1(C(Br)Cc2ccc(C(F)(F)F)cc2)CCCCC1. The number of hydrogen-bond donors (Lipinski definition) is 0. The molecule has 0 heterocycles. The molecule has 0 aromatic heterocycles. The fourth-order valence-electron chi connectivity index (χ4n) is 2.96. The number of alkyl halides is 4. The summed E-state index contributed by atoms with van der Waals surface area (Å²) in [6, 6.07) is 5.56. The van der Waals surface area contributed by atoms with Gasteiger partial charge in [-0.1, -0.05) is 54.2 Å². The van der Waals surface area contributed by atoms with E-state index in [2.05, 4.69) is 22.9 Å². The third-order valence-electron chi connectivity index (χ3n) is 4.45. The highest BCUT2D eigenvalue weighted by Gasteiger charge is 2.34. The number of halogens is 4. The molecule has 1 unspecified atom stereocenters. The molecule has 1 aromatic rings. The van der Waals surface area contributed by atoms with Gasteiger partial charge < -0.3 is 0 Å². The van der Waals surface area contributed by atoms with Crippen LogP contribution in [0.3, 0.4) is 0 Å². The first kappa shape index (κ1) is 15.9. The van der Waals surface area contributed by atoms with E-state index in [0.29, 0.717) is 4.83 Å². The Bertz CT molecular complexity index is 430. The average Bonchev–Trinajstić information content (AvgIpc) is 2.39. The second-order valence-electron chi connectivity index (χ2n) is 6.08. The molecule has 1 aliphatic carbocycles. The van der Waals surface area contributed by atoms with Crippen LogP contribution in [0.2, 0.25) is 0 Å². The van der Waals surface area contributed by atoms with Crippen molar-refractivity contribution in [1.29, 1.82) is 0 Å². The molecule has 4 heteroatoms. The van der Waals surface area contributed by atoms with Crippen LogP contribution in [-0.2, 0) is 12.6 Å². The summed E-state index contributed by atoms with van der Waals surface area (Å²) in [6.45, 7) is 2.29. The van der Waals surface area contributed by atoms with Crippen molar-refractivity contribution in [1.82, 2.24) is 0 Å². The third kappa shape index (κ3) is 3.78. The number of hydrogen-bond acceptors (Lipinski definition) is 0. The van der Waals surface area contributed by atoms with Gasteiger partial charge in [0.2, 0.25) is 0 Å². The zero-order valence-electron chi connectivity index (χ0n) is 11.6. The lowest BCUT2D eigenvalue weighted by Gasteiger charge is -2.38. The van der Waals surface area contributed by atoms with Crippen molar-refractivity contribution < 1.29 is 13.2 Å². The zero-order valence-corrected chi connectivity index (χ0v) is 13.2. The van der Waals surface area contributed by atoms with Crippen molar-refractivity contribution >= 4 is 15.9 Å². The predicted octanol–water partition coefficient (Wildman–Crippen LogP) is 5.98. The van der Waals surface area contributed by atoms with Crippen molar-refractivity contribution in [3.05, 3.63) is 35.4 Å². The van der Waals surface area contributed by atoms with Gasteiger partial charge >= 0.3 is 6.18 Å². The first-order valence-corrected chi connectivity index (χ1v) is 8.03. The monoisotopic (exact) mass is 348 g/mol. The third-order valence-corrected chi connectivity index (χ3v) is 5.88. The zero-order chi connectivity index (χ0) is 14.8. The minimum absolute atomic E-state index is 0.265. The van der Waals surface area contributed by atoms with Crippen LogP contribution in [0.1, 0.15) is 50.2 Å². The van der Waals surface area contributed by atoms with Crippen molar-refractivity contribution in [2.75, 3.05) is 0 Å². The smallest absolute Gasteiger partial charge is 0.166 e. The molecule has 0 nitrogen and oxygen atoms in total. The van der Waals surface area contributed by atoms with Crippen LogP contribution in [0.15, 0.2) is 24.3 Å². The maximum atomic E-state index is 12.5. The summed E-state index contributed by atoms with van der Waals surface area (Å²) in [4.78, 5) is 0.326. The molecule has 2 rings (SSSR count). The Morgan fingerprint density at radius 1 is 1.10 bits per heavy atom. The Hall–Kier alpha value is -0.510. The Morgan fingerprint density at radius 3 is 2.15 bits per heavy atom. The summed E-state index contributed by atoms with van der Waals surface area (Å²) in [5.74, 6) is 0. The molecule has 1 aliphatic rings. The molecule has 1 fully saturated rings. The standard InChI is InChI=1S/C16H20BrF3/c1-15(9-3-2-4-10-15)14(17)11-12-5-7-13(8-6-12)16(18,19)20/h5-8,14H,2-4,9-11H2,1H3. The summed E-state index contributed by atoms with van der Waals surface area (Å²) in [7, 11) is 0. The fraction of sp³-hybridized carbons (Fsp3) is 0.625. The normalized spacial score (nSPS) is 20.6. The second-order valence-corrected chi connectivity index (χ2v) is 7.19. The summed E-state index contributed by atoms with van der Waals surface area (Å²) in [6.07, 6.45) is 2.75. The minimum atomic E-state index is -4.25. The molecule has 0 spiro atoms. The maximum Gasteiger partial charge on any atom is 0.416 e. The average molecular weight is 349 g/mol. The van der Waals surface area contributed by atoms with Crippen LogP contribution in [0.25, 0.3) is 0 Å². The van der Waals surface area contributed by atoms with Gasteiger partial charge in [-0.3, -0.25) is 0 Å². The fourth-order valence-corrected chi connectivity index (χ4v) is 3.79.